The van der Waals surface area contributed by atoms with Gasteiger partial charge in [0.1, 0.15) is 5.69 Å². The van der Waals surface area contributed by atoms with Gasteiger partial charge in [0.2, 0.25) is 5.91 Å². The maximum Gasteiger partial charge on any atom is 0.293 e. The molecule has 1 aromatic rings. The first-order valence-corrected chi connectivity index (χ1v) is 11.4. The van der Waals surface area contributed by atoms with Crippen molar-refractivity contribution in [3.8, 4) is 0 Å². The summed E-state index contributed by atoms with van der Waals surface area (Å²) >= 11 is 0. The lowest BCUT2D eigenvalue weighted by molar-refractivity contribution is -0.384. The summed E-state index contributed by atoms with van der Waals surface area (Å²) in [5.41, 5.74) is 0.699. The average molecular weight is 427 g/mol. The van der Waals surface area contributed by atoms with Crippen molar-refractivity contribution >= 4 is 23.2 Å². The van der Waals surface area contributed by atoms with Crippen LogP contribution in [-0.4, -0.2) is 53.4 Å². The molecule has 0 spiro atoms. The highest BCUT2D eigenvalue weighted by atomic mass is 16.6. The second-order valence-electron chi connectivity index (χ2n) is 10.1. The summed E-state index contributed by atoms with van der Waals surface area (Å²) in [4.78, 5) is 39.7. The van der Waals surface area contributed by atoms with E-state index in [0.29, 0.717) is 37.4 Å². The van der Waals surface area contributed by atoms with E-state index < -0.39 is 4.92 Å². The molecule has 5 aliphatic rings. The number of carbonyl (C=O) groups is 2. The number of nitrogens with zero attached hydrogens (tertiary/aromatic N) is 3. The fraction of sp³-hybridized carbons (Fsp3) is 0.652. The van der Waals surface area contributed by atoms with E-state index in [1.165, 1.54) is 32.3 Å². The van der Waals surface area contributed by atoms with E-state index in [0.717, 1.165) is 37.0 Å². The van der Waals surface area contributed by atoms with Gasteiger partial charge in [-0.3, -0.25) is 19.7 Å². The predicted octanol–water partition coefficient (Wildman–Crippen LogP) is 2.96. The fourth-order valence-corrected chi connectivity index (χ4v) is 6.92. The summed E-state index contributed by atoms with van der Waals surface area (Å²) in [7, 11) is 0. The number of hydrogen-bond donors (Lipinski definition) is 1. The number of carbonyl (C=O) groups excluding carboxylic acids is 2. The van der Waals surface area contributed by atoms with Gasteiger partial charge in [-0.15, -0.1) is 0 Å². The first-order valence-electron chi connectivity index (χ1n) is 11.4. The topological polar surface area (TPSA) is 95.8 Å². The van der Waals surface area contributed by atoms with Crippen LogP contribution in [0.4, 0.5) is 11.4 Å². The minimum absolute atomic E-state index is 0.0193. The molecule has 0 aromatic heterocycles. The van der Waals surface area contributed by atoms with E-state index in [4.69, 9.17) is 0 Å². The molecule has 0 radical (unpaired) electrons. The van der Waals surface area contributed by atoms with Crippen LogP contribution in [0.15, 0.2) is 18.2 Å². The number of hydrogen-bond acceptors (Lipinski definition) is 5. The Morgan fingerprint density at radius 3 is 2.13 bits per heavy atom. The van der Waals surface area contributed by atoms with Crippen molar-refractivity contribution < 1.29 is 14.5 Å². The third-order valence-corrected chi connectivity index (χ3v) is 7.92. The second kappa shape index (κ2) is 7.50. The molecular formula is C23H30N4O4. The first kappa shape index (κ1) is 20.3. The third kappa shape index (κ3) is 3.77. The highest BCUT2D eigenvalue weighted by Gasteiger charge is 2.51. The van der Waals surface area contributed by atoms with Gasteiger partial charge in [-0.2, -0.15) is 0 Å². The summed E-state index contributed by atoms with van der Waals surface area (Å²) < 4.78 is 0. The molecule has 6 rings (SSSR count). The predicted molar refractivity (Wildman–Crippen MR) is 116 cm³/mol. The van der Waals surface area contributed by atoms with Crippen LogP contribution in [0, 0.1) is 27.9 Å². The molecule has 8 nitrogen and oxygen atoms in total. The molecule has 1 N–H and O–H groups in total. The lowest BCUT2D eigenvalue weighted by Gasteiger charge is -2.56. The van der Waals surface area contributed by atoms with Gasteiger partial charge in [-0.25, -0.2) is 0 Å². The Morgan fingerprint density at radius 2 is 1.61 bits per heavy atom. The van der Waals surface area contributed by atoms with Crippen molar-refractivity contribution in [2.75, 3.05) is 31.1 Å². The second-order valence-corrected chi connectivity index (χ2v) is 10.1. The zero-order chi connectivity index (χ0) is 21.8. The maximum atomic E-state index is 13.1. The van der Waals surface area contributed by atoms with E-state index >= 15 is 0 Å². The van der Waals surface area contributed by atoms with Gasteiger partial charge in [-0.05, 0) is 68.4 Å². The van der Waals surface area contributed by atoms with E-state index in [-0.39, 0.29) is 23.0 Å². The van der Waals surface area contributed by atoms with Crippen LogP contribution in [0.1, 0.15) is 55.8 Å². The van der Waals surface area contributed by atoms with Crippen LogP contribution >= 0.6 is 0 Å². The summed E-state index contributed by atoms with van der Waals surface area (Å²) in [6.07, 6.45) is 7.03. The van der Waals surface area contributed by atoms with Crippen molar-refractivity contribution in [2.45, 2.75) is 51.0 Å². The molecule has 4 saturated carbocycles. The Balaban J connectivity index is 1.33. The largest absolute Gasteiger partial charge is 0.362 e. The Hall–Kier alpha value is -2.64. The smallest absolute Gasteiger partial charge is 0.293 e. The fourth-order valence-electron chi connectivity index (χ4n) is 6.92. The summed E-state index contributed by atoms with van der Waals surface area (Å²) in [6, 6.07) is 4.81. The maximum absolute atomic E-state index is 13.1. The number of rotatable bonds is 4. The highest BCUT2D eigenvalue weighted by molar-refractivity contribution is 5.96. The van der Waals surface area contributed by atoms with Gasteiger partial charge in [0.05, 0.1) is 4.92 Å². The van der Waals surface area contributed by atoms with Gasteiger partial charge < -0.3 is 15.1 Å². The highest BCUT2D eigenvalue weighted by Crippen LogP contribution is 2.55. The van der Waals surface area contributed by atoms with Gasteiger partial charge in [0, 0.05) is 50.3 Å². The van der Waals surface area contributed by atoms with Crippen LogP contribution in [0.3, 0.4) is 0 Å². The molecule has 2 amide bonds. The number of benzene rings is 1. The lowest BCUT2D eigenvalue weighted by Crippen LogP contribution is -2.59. The molecule has 5 fully saturated rings. The molecule has 1 aromatic carbocycles. The SMILES string of the molecule is CC(=O)N1CCN(c2ccc(C(=O)NC34CC5CC(CC(C5)C3)C4)cc2[N+](=O)[O-])CC1. The zero-order valence-corrected chi connectivity index (χ0v) is 18.0. The minimum Gasteiger partial charge on any atom is -0.362 e. The minimum atomic E-state index is -0.409. The van der Waals surface area contributed by atoms with Crippen molar-refractivity contribution in [3.63, 3.8) is 0 Å². The van der Waals surface area contributed by atoms with Gasteiger partial charge >= 0.3 is 0 Å². The molecule has 0 unspecified atom stereocenters. The summed E-state index contributed by atoms with van der Waals surface area (Å²) in [5.74, 6) is 1.98. The number of anilines is 1. The van der Waals surface area contributed by atoms with Crippen molar-refractivity contribution in [2.24, 2.45) is 17.8 Å². The zero-order valence-electron chi connectivity index (χ0n) is 18.0. The number of nitro benzene ring substituents is 1. The van der Waals surface area contributed by atoms with Gasteiger partial charge in [-0.1, -0.05) is 0 Å². The van der Waals surface area contributed by atoms with E-state index in [1.54, 1.807) is 17.0 Å². The molecule has 0 atom stereocenters. The van der Waals surface area contributed by atoms with E-state index in [1.807, 2.05) is 4.90 Å². The quantitative estimate of drug-likeness (QED) is 0.590. The Labute approximate surface area is 182 Å². The standard InChI is InChI=1S/C23H30N4O4/c1-15(28)25-4-6-26(7-5-25)20-3-2-19(11-21(20)27(30)31)22(29)24-23-12-16-8-17(13-23)10-18(9-16)14-23/h2-3,11,16-18H,4-10,12-14H2,1H3,(H,24,29). The average Bonchev–Trinajstić information content (AvgIpc) is 2.72. The molecule has 8 heteroatoms. The third-order valence-electron chi connectivity index (χ3n) is 7.92. The molecule has 4 bridgehead atoms. The van der Waals surface area contributed by atoms with Crippen LogP contribution < -0.4 is 10.2 Å². The number of nitro groups is 1. The summed E-state index contributed by atoms with van der Waals surface area (Å²) in [6.45, 7) is 3.70. The Bertz CT molecular complexity index is 887. The van der Waals surface area contributed by atoms with Crippen LogP contribution in [0.25, 0.3) is 0 Å². The molecule has 1 heterocycles. The monoisotopic (exact) mass is 426 g/mol. The molecule has 1 aliphatic heterocycles. The Kier molecular flexibility index (Phi) is 4.90. The number of nitrogens with one attached hydrogen (secondary N) is 1. The molecule has 166 valence electrons. The van der Waals surface area contributed by atoms with Crippen LogP contribution in [-0.2, 0) is 4.79 Å². The van der Waals surface area contributed by atoms with Crippen molar-refractivity contribution in [3.05, 3.63) is 33.9 Å². The molecule has 4 aliphatic carbocycles. The van der Waals surface area contributed by atoms with E-state index in [9.17, 15) is 19.7 Å². The van der Waals surface area contributed by atoms with Crippen LogP contribution in [0.5, 0.6) is 0 Å². The molecular weight excluding hydrogens is 396 g/mol. The number of amides is 2. The Morgan fingerprint density at radius 1 is 1.03 bits per heavy atom. The number of piperazine rings is 1. The molecule has 1 saturated heterocycles. The van der Waals surface area contributed by atoms with E-state index in [2.05, 4.69) is 5.32 Å². The summed E-state index contributed by atoms with van der Waals surface area (Å²) in [5, 5.41) is 15.1. The van der Waals surface area contributed by atoms with Crippen LogP contribution in [0.2, 0.25) is 0 Å². The normalized spacial score (nSPS) is 31.6. The van der Waals surface area contributed by atoms with Crippen molar-refractivity contribution in [1.82, 2.24) is 10.2 Å². The van der Waals surface area contributed by atoms with Gasteiger partial charge in [0.15, 0.2) is 0 Å². The van der Waals surface area contributed by atoms with Crippen molar-refractivity contribution in [1.29, 1.82) is 0 Å². The lowest BCUT2D eigenvalue weighted by atomic mass is 9.53. The first-order chi connectivity index (χ1) is 14.8. The van der Waals surface area contributed by atoms with Gasteiger partial charge in [0.25, 0.3) is 11.6 Å². The molecule has 31 heavy (non-hydrogen) atoms.